The molecule has 0 aliphatic heterocycles. The Hall–Kier alpha value is -1.68. The van der Waals surface area contributed by atoms with E-state index in [0.717, 1.165) is 17.1 Å². The van der Waals surface area contributed by atoms with E-state index in [9.17, 15) is 9.90 Å². The van der Waals surface area contributed by atoms with E-state index in [1.807, 2.05) is 30.3 Å². The number of aromatic carboxylic acids is 1. The van der Waals surface area contributed by atoms with Crippen molar-refractivity contribution >= 4 is 17.5 Å². The van der Waals surface area contributed by atoms with Crippen molar-refractivity contribution in [1.82, 2.24) is 4.37 Å². The number of hydrogen-bond acceptors (Lipinski definition) is 4. The third-order valence-corrected chi connectivity index (χ3v) is 2.68. The standard InChI is InChI=1S/C10H7NO2S/c12-10(13)8-6-11-14-9(8)7-4-2-1-3-5-7/h1-6H,(H,12,13)/p-1. The van der Waals surface area contributed by atoms with Crippen LogP contribution in [0.15, 0.2) is 36.5 Å². The fourth-order valence-electron chi connectivity index (χ4n) is 1.18. The van der Waals surface area contributed by atoms with Crippen molar-refractivity contribution in [3.63, 3.8) is 0 Å². The SMILES string of the molecule is O=C([O-])c1cnsc1-c1ccccc1. The first-order valence-electron chi connectivity index (χ1n) is 4.00. The molecule has 0 bridgehead atoms. The van der Waals surface area contributed by atoms with Gasteiger partial charge in [-0.05, 0) is 17.1 Å². The zero-order valence-electron chi connectivity index (χ0n) is 7.14. The van der Waals surface area contributed by atoms with E-state index in [4.69, 9.17) is 0 Å². The van der Waals surface area contributed by atoms with Crippen molar-refractivity contribution in [2.24, 2.45) is 0 Å². The van der Waals surface area contributed by atoms with Gasteiger partial charge in [-0.1, -0.05) is 30.3 Å². The number of benzene rings is 1. The van der Waals surface area contributed by atoms with Crippen LogP contribution in [0.1, 0.15) is 10.4 Å². The molecule has 0 amide bonds. The lowest BCUT2D eigenvalue weighted by Gasteiger charge is -2.02. The van der Waals surface area contributed by atoms with Crippen LogP contribution in [0.5, 0.6) is 0 Å². The second kappa shape index (κ2) is 3.59. The van der Waals surface area contributed by atoms with Crippen molar-refractivity contribution in [2.75, 3.05) is 0 Å². The molecule has 0 unspecified atom stereocenters. The van der Waals surface area contributed by atoms with Gasteiger partial charge in [0, 0.05) is 5.56 Å². The van der Waals surface area contributed by atoms with Crippen molar-refractivity contribution in [2.45, 2.75) is 0 Å². The molecule has 0 radical (unpaired) electrons. The summed E-state index contributed by atoms with van der Waals surface area (Å²) in [4.78, 5) is 11.4. The molecule has 70 valence electrons. The molecular formula is C10H6NO2S-. The highest BCUT2D eigenvalue weighted by Crippen LogP contribution is 2.26. The van der Waals surface area contributed by atoms with Gasteiger partial charge in [0.25, 0.3) is 0 Å². The largest absolute Gasteiger partial charge is 0.545 e. The molecule has 1 aromatic heterocycles. The molecule has 0 saturated heterocycles. The van der Waals surface area contributed by atoms with Crippen LogP contribution in [0.3, 0.4) is 0 Å². The molecule has 2 aromatic rings. The number of carbonyl (C=O) groups excluding carboxylic acids is 1. The Morgan fingerprint density at radius 1 is 1.29 bits per heavy atom. The number of nitrogens with zero attached hydrogens (tertiary/aromatic N) is 1. The molecular weight excluding hydrogens is 198 g/mol. The maximum absolute atomic E-state index is 10.7. The average molecular weight is 204 g/mol. The Kier molecular flexibility index (Phi) is 2.28. The summed E-state index contributed by atoms with van der Waals surface area (Å²) in [5.41, 5.74) is 1.01. The third-order valence-electron chi connectivity index (χ3n) is 1.83. The van der Waals surface area contributed by atoms with Crippen LogP contribution in [0.2, 0.25) is 0 Å². The first kappa shape index (κ1) is 8.90. The zero-order chi connectivity index (χ0) is 9.97. The van der Waals surface area contributed by atoms with Gasteiger partial charge < -0.3 is 9.90 Å². The van der Waals surface area contributed by atoms with Crippen molar-refractivity contribution in [3.05, 3.63) is 42.1 Å². The number of carboxylic acid groups (broad SMARTS) is 1. The number of hydrogen-bond donors (Lipinski definition) is 0. The number of aromatic nitrogens is 1. The molecule has 14 heavy (non-hydrogen) atoms. The molecule has 3 nitrogen and oxygen atoms in total. The van der Waals surface area contributed by atoms with Gasteiger partial charge in [0.1, 0.15) is 0 Å². The van der Waals surface area contributed by atoms with Crippen LogP contribution in [0.25, 0.3) is 10.4 Å². The number of rotatable bonds is 2. The minimum atomic E-state index is -1.18. The van der Waals surface area contributed by atoms with Gasteiger partial charge in [-0.2, -0.15) is 4.37 Å². The smallest absolute Gasteiger partial charge is 0.0746 e. The van der Waals surface area contributed by atoms with Gasteiger partial charge in [0.2, 0.25) is 0 Å². The van der Waals surface area contributed by atoms with Crippen LogP contribution in [0, 0.1) is 0 Å². The van der Waals surface area contributed by atoms with Crippen molar-refractivity contribution in [1.29, 1.82) is 0 Å². The van der Waals surface area contributed by atoms with Gasteiger partial charge in [-0.25, -0.2) is 0 Å². The molecule has 2 rings (SSSR count). The molecule has 0 fully saturated rings. The Balaban J connectivity index is 2.52. The first-order valence-corrected chi connectivity index (χ1v) is 4.78. The topological polar surface area (TPSA) is 53.0 Å². The van der Waals surface area contributed by atoms with E-state index in [1.54, 1.807) is 0 Å². The fourth-order valence-corrected chi connectivity index (χ4v) is 1.92. The second-order valence-electron chi connectivity index (χ2n) is 2.72. The summed E-state index contributed by atoms with van der Waals surface area (Å²) < 4.78 is 3.84. The van der Waals surface area contributed by atoms with Gasteiger partial charge in [0.05, 0.1) is 17.0 Å². The quantitative estimate of drug-likeness (QED) is 0.738. The summed E-state index contributed by atoms with van der Waals surface area (Å²) in [6.45, 7) is 0. The van der Waals surface area contributed by atoms with Gasteiger partial charge in [-0.15, -0.1) is 0 Å². The van der Waals surface area contributed by atoms with E-state index < -0.39 is 5.97 Å². The Morgan fingerprint density at radius 2 is 2.00 bits per heavy atom. The van der Waals surface area contributed by atoms with Gasteiger partial charge in [0.15, 0.2) is 0 Å². The molecule has 0 saturated carbocycles. The normalized spacial score (nSPS) is 10.0. The van der Waals surface area contributed by atoms with E-state index in [-0.39, 0.29) is 5.56 Å². The van der Waals surface area contributed by atoms with Crippen LogP contribution in [-0.4, -0.2) is 10.3 Å². The van der Waals surface area contributed by atoms with Crippen LogP contribution >= 0.6 is 11.5 Å². The predicted molar refractivity (Wildman–Crippen MR) is 51.9 cm³/mol. The summed E-state index contributed by atoms with van der Waals surface area (Å²) >= 11 is 1.16. The third kappa shape index (κ3) is 1.52. The van der Waals surface area contributed by atoms with E-state index in [0.29, 0.717) is 4.88 Å². The molecule has 0 aliphatic carbocycles. The highest BCUT2D eigenvalue weighted by Gasteiger charge is 2.07. The highest BCUT2D eigenvalue weighted by molar-refractivity contribution is 7.10. The Morgan fingerprint density at radius 3 is 2.64 bits per heavy atom. The van der Waals surface area contributed by atoms with Crippen LogP contribution < -0.4 is 5.11 Å². The highest BCUT2D eigenvalue weighted by atomic mass is 32.1. The molecule has 4 heteroatoms. The number of carbonyl (C=O) groups is 1. The Labute approximate surface area is 84.8 Å². The summed E-state index contributed by atoms with van der Waals surface area (Å²) in [7, 11) is 0. The average Bonchev–Trinajstić information content (AvgIpc) is 2.67. The summed E-state index contributed by atoms with van der Waals surface area (Å²) in [6, 6.07) is 9.28. The molecule has 0 spiro atoms. The molecule has 0 aliphatic rings. The summed E-state index contributed by atoms with van der Waals surface area (Å²) in [6.07, 6.45) is 1.32. The van der Waals surface area contributed by atoms with Gasteiger partial charge in [-0.3, -0.25) is 0 Å². The fraction of sp³-hybridized carbons (Fsp3) is 0. The van der Waals surface area contributed by atoms with Crippen molar-refractivity contribution < 1.29 is 9.90 Å². The maximum Gasteiger partial charge on any atom is 0.0746 e. The monoisotopic (exact) mass is 204 g/mol. The lowest BCUT2D eigenvalue weighted by molar-refractivity contribution is -0.254. The molecule has 1 heterocycles. The summed E-state index contributed by atoms with van der Waals surface area (Å²) in [5.74, 6) is -1.18. The van der Waals surface area contributed by atoms with E-state index >= 15 is 0 Å². The van der Waals surface area contributed by atoms with Crippen LogP contribution in [-0.2, 0) is 0 Å². The van der Waals surface area contributed by atoms with E-state index in [1.165, 1.54) is 6.20 Å². The molecule has 1 aromatic carbocycles. The minimum absolute atomic E-state index is 0.154. The van der Waals surface area contributed by atoms with Gasteiger partial charge >= 0.3 is 0 Å². The van der Waals surface area contributed by atoms with E-state index in [2.05, 4.69) is 4.37 Å². The zero-order valence-corrected chi connectivity index (χ0v) is 7.95. The van der Waals surface area contributed by atoms with Crippen molar-refractivity contribution in [3.8, 4) is 10.4 Å². The van der Waals surface area contributed by atoms with Crippen LogP contribution in [0.4, 0.5) is 0 Å². The minimum Gasteiger partial charge on any atom is -0.545 e. The first-order chi connectivity index (χ1) is 6.79. The maximum atomic E-state index is 10.7. The molecule has 0 atom stereocenters. The number of carboxylic acids is 1. The molecule has 0 N–H and O–H groups in total. The lowest BCUT2D eigenvalue weighted by Crippen LogP contribution is -2.22. The second-order valence-corrected chi connectivity index (χ2v) is 3.52. The Bertz CT molecular complexity index is 450. The predicted octanol–water partition coefficient (Wildman–Crippen LogP) is 1.17. The summed E-state index contributed by atoms with van der Waals surface area (Å²) in [5, 5.41) is 10.7. The lowest BCUT2D eigenvalue weighted by atomic mass is 10.1.